The average molecular weight is 215 g/mol. The predicted molar refractivity (Wildman–Crippen MR) is 55.7 cm³/mol. The normalized spacial score (nSPS) is 21.2. The van der Waals surface area contributed by atoms with Crippen molar-refractivity contribution in [3.8, 4) is 0 Å². The Labute approximate surface area is 86.7 Å². The quantitative estimate of drug-likeness (QED) is 0.656. The van der Waals surface area contributed by atoms with Crippen LogP contribution >= 0.6 is 22.9 Å². The van der Waals surface area contributed by atoms with Crippen LogP contribution in [0.1, 0.15) is 33.5 Å². The fourth-order valence-electron chi connectivity index (χ4n) is 1.80. The highest BCUT2D eigenvalue weighted by atomic mass is 35.5. The molecule has 0 bridgehead atoms. The van der Waals surface area contributed by atoms with Crippen LogP contribution in [0.15, 0.2) is 6.07 Å². The smallest absolute Gasteiger partial charge is 0.262 e. The summed E-state index contributed by atoms with van der Waals surface area (Å²) in [6.07, 6.45) is 3.46. The van der Waals surface area contributed by atoms with Gasteiger partial charge in [0.25, 0.3) is 5.24 Å². The van der Waals surface area contributed by atoms with E-state index in [0.717, 1.165) is 18.8 Å². The van der Waals surface area contributed by atoms with E-state index >= 15 is 0 Å². The van der Waals surface area contributed by atoms with Crippen molar-refractivity contribution in [3.63, 3.8) is 0 Å². The molecule has 70 valence electrons. The molecule has 0 saturated heterocycles. The minimum atomic E-state index is -0.313. The Bertz CT molecular complexity index is 343. The lowest BCUT2D eigenvalue weighted by Crippen LogP contribution is -2.08. The van der Waals surface area contributed by atoms with E-state index in [4.69, 9.17) is 11.6 Å². The van der Waals surface area contributed by atoms with E-state index in [1.165, 1.54) is 16.9 Å². The second-order valence-corrected chi connectivity index (χ2v) is 5.16. The van der Waals surface area contributed by atoms with Gasteiger partial charge in [-0.2, -0.15) is 0 Å². The Kier molecular flexibility index (Phi) is 2.43. The van der Waals surface area contributed by atoms with Gasteiger partial charge >= 0.3 is 0 Å². The SMILES string of the molecule is C[C@H]1CCc2sc(C(=O)Cl)cc2C1. The minimum absolute atomic E-state index is 0.313. The molecule has 1 aliphatic carbocycles. The van der Waals surface area contributed by atoms with E-state index in [0.29, 0.717) is 4.88 Å². The molecule has 1 aliphatic rings. The fraction of sp³-hybridized carbons (Fsp3) is 0.500. The summed E-state index contributed by atoms with van der Waals surface area (Å²) in [5, 5.41) is -0.313. The maximum atomic E-state index is 10.9. The third kappa shape index (κ3) is 1.79. The molecular weight excluding hydrogens is 204 g/mol. The van der Waals surface area contributed by atoms with Gasteiger partial charge in [0.1, 0.15) is 0 Å². The highest BCUT2D eigenvalue weighted by Gasteiger charge is 2.19. The number of thiophene rings is 1. The number of rotatable bonds is 1. The molecule has 0 N–H and O–H groups in total. The van der Waals surface area contributed by atoms with Crippen LogP contribution in [0.2, 0.25) is 0 Å². The molecule has 3 heteroatoms. The molecular formula is C10H11ClOS. The van der Waals surface area contributed by atoms with Crippen molar-refractivity contribution in [1.82, 2.24) is 0 Å². The molecule has 0 fully saturated rings. The molecule has 1 nitrogen and oxygen atoms in total. The Morgan fingerprint density at radius 3 is 3.15 bits per heavy atom. The number of hydrogen-bond acceptors (Lipinski definition) is 2. The van der Waals surface area contributed by atoms with E-state index in [1.54, 1.807) is 11.3 Å². The van der Waals surface area contributed by atoms with Crippen molar-refractivity contribution >= 4 is 28.2 Å². The third-order valence-corrected chi connectivity index (χ3v) is 4.07. The van der Waals surface area contributed by atoms with Gasteiger partial charge in [-0.1, -0.05) is 6.92 Å². The average Bonchev–Trinajstić information content (AvgIpc) is 2.46. The number of halogens is 1. The highest BCUT2D eigenvalue weighted by molar-refractivity contribution is 7.15. The molecule has 0 amide bonds. The first-order valence-corrected chi connectivity index (χ1v) is 5.67. The second-order valence-electron chi connectivity index (χ2n) is 3.68. The van der Waals surface area contributed by atoms with Gasteiger partial charge in [-0.25, -0.2) is 0 Å². The first-order valence-electron chi connectivity index (χ1n) is 4.48. The maximum Gasteiger partial charge on any atom is 0.262 e. The van der Waals surface area contributed by atoms with Crippen LogP contribution in [0.4, 0.5) is 0 Å². The van der Waals surface area contributed by atoms with Gasteiger partial charge in [-0.05, 0) is 48.4 Å². The van der Waals surface area contributed by atoms with Gasteiger partial charge in [-0.15, -0.1) is 11.3 Å². The lowest BCUT2D eigenvalue weighted by atomic mass is 9.90. The predicted octanol–water partition coefficient (Wildman–Crippen LogP) is 3.25. The van der Waals surface area contributed by atoms with Crippen molar-refractivity contribution in [3.05, 3.63) is 21.4 Å². The van der Waals surface area contributed by atoms with Gasteiger partial charge in [-0.3, -0.25) is 4.79 Å². The summed E-state index contributed by atoms with van der Waals surface area (Å²) >= 11 is 6.99. The van der Waals surface area contributed by atoms with Crippen LogP contribution in [0.5, 0.6) is 0 Å². The maximum absolute atomic E-state index is 10.9. The van der Waals surface area contributed by atoms with Gasteiger partial charge in [0.15, 0.2) is 0 Å². The van der Waals surface area contributed by atoms with Crippen LogP contribution in [0.3, 0.4) is 0 Å². The Hall–Kier alpha value is -0.340. The summed E-state index contributed by atoms with van der Waals surface area (Å²) in [6.45, 7) is 2.25. The van der Waals surface area contributed by atoms with E-state index in [-0.39, 0.29) is 5.24 Å². The molecule has 1 atom stereocenters. The summed E-state index contributed by atoms with van der Waals surface area (Å²) in [5.41, 5.74) is 1.34. The summed E-state index contributed by atoms with van der Waals surface area (Å²) in [7, 11) is 0. The summed E-state index contributed by atoms with van der Waals surface area (Å²) < 4.78 is 0. The van der Waals surface area contributed by atoms with Crippen molar-refractivity contribution in [2.75, 3.05) is 0 Å². The van der Waals surface area contributed by atoms with E-state index in [9.17, 15) is 4.79 Å². The van der Waals surface area contributed by atoms with Gasteiger partial charge < -0.3 is 0 Å². The van der Waals surface area contributed by atoms with Crippen molar-refractivity contribution < 1.29 is 4.79 Å². The van der Waals surface area contributed by atoms with Crippen LogP contribution in [-0.2, 0) is 12.8 Å². The zero-order valence-corrected chi connectivity index (χ0v) is 9.04. The standard InChI is InChI=1S/C10H11ClOS/c1-6-2-3-8-7(4-6)5-9(13-8)10(11)12/h5-6H,2-4H2,1H3/t6-/m0/s1. The van der Waals surface area contributed by atoms with E-state index in [2.05, 4.69) is 6.92 Å². The summed E-state index contributed by atoms with van der Waals surface area (Å²) in [5.74, 6) is 0.750. The van der Waals surface area contributed by atoms with Crippen molar-refractivity contribution in [2.45, 2.75) is 26.2 Å². The summed E-state index contributed by atoms with van der Waals surface area (Å²) in [4.78, 5) is 13.0. The van der Waals surface area contributed by atoms with Crippen molar-refractivity contribution in [2.24, 2.45) is 5.92 Å². The zero-order valence-electron chi connectivity index (χ0n) is 7.47. The van der Waals surface area contributed by atoms with Crippen LogP contribution in [0, 0.1) is 5.92 Å². The topological polar surface area (TPSA) is 17.1 Å². The Morgan fingerprint density at radius 2 is 2.46 bits per heavy atom. The van der Waals surface area contributed by atoms with Crippen LogP contribution in [-0.4, -0.2) is 5.24 Å². The molecule has 0 aliphatic heterocycles. The van der Waals surface area contributed by atoms with Gasteiger partial charge in [0.2, 0.25) is 0 Å². The second kappa shape index (κ2) is 3.43. The first-order chi connectivity index (χ1) is 6.16. The zero-order chi connectivity index (χ0) is 9.42. The third-order valence-electron chi connectivity index (χ3n) is 2.52. The number of carbonyl (C=O) groups excluding carboxylic acids is 1. The fourth-order valence-corrected chi connectivity index (χ4v) is 3.01. The van der Waals surface area contributed by atoms with E-state index < -0.39 is 0 Å². The minimum Gasteiger partial charge on any atom is -0.275 e. The lowest BCUT2D eigenvalue weighted by Gasteiger charge is -2.16. The lowest BCUT2D eigenvalue weighted by molar-refractivity contribution is 0.108. The molecule has 1 heterocycles. The molecule has 1 aromatic rings. The molecule has 0 saturated carbocycles. The summed E-state index contributed by atoms with van der Waals surface area (Å²) in [6, 6.07) is 1.96. The van der Waals surface area contributed by atoms with Gasteiger partial charge in [0.05, 0.1) is 4.88 Å². The monoisotopic (exact) mass is 214 g/mol. The molecule has 13 heavy (non-hydrogen) atoms. The molecule has 1 aromatic heterocycles. The first kappa shape index (κ1) is 9.22. The number of aryl methyl sites for hydroxylation is 1. The Balaban J connectivity index is 2.33. The highest BCUT2D eigenvalue weighted by Crippen LogP contribution is 2.32. The van der Waals surface area contributed by atoms with Crippen LogP contribution in [0.25, 0.3) is 0 Å². The largest absolute Gasteiger partial charge is 0.275 e. The molecule has 0 radical (unpaired) electrons. The van der Waals surface area contributed by atoms with Crippen LogP contribution < -0.4 is 0 Å². The molecule has 2 rings (SSSR count). The van der Waals surface area contributed by atoms with Gasteiger partial charge in [0, 0.05) is 4.88 Å². The Morgan fingerprint density at radius 1 is 1.69 bits per heavy atom. The van der Waals surface area contributed by atoms with Crippen molar-refractivity contribution in [1.29, 1.82) is 0 Å². The van der Waals surface area contributed by atoms with E-state index in [1.807, 2.05) is 6.07 Å². The molecule has 0 spiro atoms. The molecule has 0 unspecified atom stereocenters. The number of hydrogen-bond donors (Lipinski definition) is 0. The number of fused-ring (bicyclic) bond motifs is 1. The molecule has 0 aromatic carbocycles. The number of carbonyl (C=O) groups is 1.